The highest BCUT2D eigenvalue weighted by atomic mass is 79.9. The number of methoxy groups -OCH3 is 1. The molecule has 2 aromatic rings. The third-order valence-corrected chi connectivity index (χ3v) is 3.65. The van der Waals surface area contributed by atoms with Crippen LogP contribution >= 0.6 is 28.6 Å². The second-order valence-electron chi connectivity index (χ2n) is 4.24. The lowest BCUT2D eigenvalue weighted by atomic mass is 10.1. The lowest BCUT2D eigenvalue weighted by molar-refractivity contribution is -0.115. The van der Waals surface area contributed by atoms with Gasteiger partial charge in [-0.15, -0.1) is 12.6 Å². The number of nitrogens with one attached hydrogen (secondary N) is 1. The summed E-state index contributed by atoms with van der Waals surface area (Å²) < 4.78 is 5.95. The molecule has 2 rings (SSSR count). The fourth-order valence-electron chi connectivity index (χ4n) is 1.75. The van der Waals surface area contributed by atoms with Crippen molar-refractivity contribution in [1.29, 1.82) is 0 Å². The molecule has 0 unspecified atom stereocenters. The number of ether oxygens (including phenoxy) is 1. The summed E-state index contributed by atoms with van der Waals surface area (Å²) in [7, 11) is 1.60. The normalized spacial score (nSPS) is 10.2. The van der Waals surface area contributed by atoms with Crippen LogP contribution in [0.5, 0.6) is 5.75 Å². The highest BCUT2D eigenvalue weighted by molar-refractivity contribution is 9.10. The summed E-state index contributed by atoms with van der Waals surface area (Å²) in [6, 6.07) is 12.9. The Morgan fingerprint density at radius 2 is 1.95 bits per heavy atom. The molecule has 0 aliphatic carbocycles. The van der Waals surface area contributed by atoms with E-state index in [9.17, 15) is 4.79 Å². The number of anilines is 1. The van der Waals surface area contributed by atoms with E-state index in [1.807, 2.05) is 30.3 Å². The van der Waals surface area contributed by atoms with Gasteiger partial charge in [-0.3, -0.25) is 4.79 Å². The van der Waals surface area contributed by atoms with Crippen molar-refractivity contribution in [3.8, 4) is 5.75 Å². The van der Waals surface area contributed by atoms with Crippen LogP contribution in [0.3, 0.4) is 0 Å². The number of halogens is 1. The monoisotopic (exact) mass is 351 g/mol. The van der Waals surface area contributed by atoms with E-state index in [2.05, 4.69) is 33.9 Å². The summed E-state index contributed by atoms with van der Waals surface area (Å²) in [5.74, 6) is 0.668. The molecule has 3 nitrogen and oxygen atoms in total. The zero-order chi connectivity index (χ0) is 14.5. The number of amides is 1. The van der Waals surface area contributed by atoms with Crippen molar-refractivity contribution in [2.24, 2.45) is 0 Å². The average Bonchev–Trinajstić information content (AvgIpc) is 2.41. The third-order valence-electron chi connectivity index (χ3n) is 2.74. The van der Waals surface area contributed by atoms with Crippen LogP contribution in [0.1, 0.15) is 5.56 Å². The van der Waals surface area contributed by atoms with Gasteiger partial charge >= 0.3 is 0 Å². The summed E-state index contributed by atoms with van der Waals surface area (Å²) in [5.41, 5.74) is 1.68. The first-order valence-corrected chi connectivity index (χ1v) is 7.24. The van der Waals surface area contributed by atoms with Crippen LogP contribution in [0.15, 0.2) is 51.8 Å². The molecule has 0 aromatic heterocycles. The number of carbonyl (C=O) groups excluding carboxylic acids is 1. The first kappa shape index (κ1) is 14.9. The second-order valence-corrected chi connectivity index (χ2v) is 5.61. The molecular formula is C15H14BrNO2S. The van der Waals surface area contributed by atoms with E-state index >= 15 is 0 Å². The molecule has 1 N–H and O–H groups in total. The Hall–Kier alpha value is -1.46. The molecule has 0 atom stereocenters. The average molecular weight is 352 g/mol. The van der Waals surface area contributed by atoms with Crippen LogP contribution in [0.25, 0.3) is 0 Å². The van der Waals surface area contributed by atoms with Gasteiger partial charge in [0, 0.05) is 10.6 Å². The predicted octanol–water partition coefficient (Wildman–Crippen LogP) is 3.93. The van der Waals surface area contributed by atoms with Gasteiger partial charge in [0.2, 0.25) is 5.91 Å². The minimum Gasteiger partial charge on any atom is -0.496 e. The van der Waals surface area contributed by atoms with Crippen LogP contribution in [0.2, 0.25) is 0 Å². The first-order valence-electron chi connectivity index (χ1n) is 6.00. The number of rotatable bonds is 4. The number of carbonyl (C=O) groups is 1. The van der Waals surface area contributed by atoms with Gasteiger partial charge < -0.3 is 10.1 Å². The van der Waals surface area contributed by atoms with Crippen LogP contribution < -0.4 is 10.1 Å². The van der Waals surface area contributed by atoms with Gasteiger partial charge in [-0.25, -0.2) is 0 Å². The van der Waals surface area contributed by atoms with Crippen molar-refractivity contribution in [2.75, 3.05) is 12.4 Å². The Labute approximate surface area is 131 Å². The largest absolute Gasteiger partial charge is 0.496 e. The minimum atomic E-state index is -0.0611. The number of benzene rings is 2. The molecule has 5 heteroatoms. The maximum Gasteiger partial charge on any atom is 0.228 e. The summed E-state index contributed by atoms with van der Waals surface area (Å²) >= 11 is 7.60. The minimum absolute atomic E-state index is 0.0611. The van der Waals surface area contributed by atoms with Crippen LogP contribution in [-0.4, -0.2) is 13.0 Å². The molecular weight excluding hydrogens is 338 g/mol. The molecule has 20 heavy (non-hydrogen) atoms. The van der Waals surface area contributed by atoms with E-state index in [0.717, 1.165) is 26.4 Å². The van der Waals surface area contributed by atoms with E-state index in [1.54, 1.807) is 19.2 Å². The van der Waals surface area contributed by atoms with Gasteiger partial charge in [-0.2, -0.15) is 0 Å². The van der Waals surface area contributed by atoms with E-state index in [4.69, 9.17) is 4.74 Å². The van der Waals surface area contributed by atoms with Gasteiger partial charge in [-0.1, -0.05) is 12.1 Å². The number of hydrogen-bond acceptors (Lipinski definition) is 3. The Kier molecular flexibility index (Phi) is 5.09. The summed E-state index contributed by atoms with van der Waals surface area (Å²) in [4.78, 5) is 12.8. The standard InChI is InChI=1S/C15H14BrNO2S/c1-19-14-7-4-11(9-13(14)16)17-15(18)8-10-2-5-12(20)6-3-10/h2-7,9,20H,8H2,1H3,(H,17,18). The topological polar surface area (TPSA) is 38.3 Å². The maximum absolute atomic E-state index is 12.0. The molecule has 0 fully saturated rings. The molecule has 2 aromatic carbocycles. The summed E-state index contributed by atoms with van der Waals surface area (Å²) in [6.45, 7) is 0. The quantitative estimate of drug-likeness (QED) is 0.819. The molecule has 1 amide bonds. The van der Waals surface area contributed by atoms with Crippen molar-refractivity contribution < 1.29 is 9.53 Å². The number of thiol groups is 1. The Morgan fingerprint density at radius 3 is 2.55 bits per heavy atom. The van der Waals surface area contributed by atoms with Crippen molar-refractivity contribution in [3.05, 3.63) is 52.5 Å². The van der Waals surface area contributed by atoms with E-state index in [1.165, 1.54) is 0 Å². The summed E-state index contributed by atoms with van der Waals surface area (Å²) in [6.07, 6.45) is 0.331. The van der Waals surface area contributed by atoms with Gasteiger partial charge in [-0.05, 0) is 51.8 Å². The van der Waals surface area contributed by atoms with Gasteiger partial charge in [0.1, 0.15) is 5.75 Å². The lowest BCUT2D eigenvalue weighted by Gasteiger charge is -2.08. The molecule has 0 radical (unpaired) electrons. The third kappa shape index (κ3) is 4.02. The highest BCUT2D eigenvalue weighted by Gasteiger charge is 2.06. The number of hydrogen-bond donors (Lipinski definition) is 2. The van der Waals surface area contributed by atoms with Crippen molar-refractivity contribution in [3.63, 3.8) is 0 Å². The fourth-order valence-corrected chi connectivity index (χ4v) is 2.44. The second kappa shape index (κ2) is 6.81. The van der Waals surface area contributed by atoms with Crippen molar-refractivity contribution in [1.82, 2.24) is 0 Å². The molecule has 0 bridgehead atoms. The van der Waals surface area contributed by atoms with E-state index in [0.29, 0.717) is 6.42 Å². The van der Waals surface area contributed by atoms with Crippen LogP contribution in [0, 0.1) is 0 Å². The molecule has 0 heterocycles. The molecule has 0 saturated carbocycles. The fraction of sp³-hybridized carbons (Fsp3) is 0.133. The molecule has 0 aliphatic heterocycles. The van der Waals surface area contributed by atoms with Crippen molar-refractivity contribution in [2.45, 2.75) is 11.3 Å². The highest BCUT2D eigenvalue weighted by Crippen LogP contribution is 2.27. The van der Waals surface area contributed by atoms with Crippen LogP contribution in [-0.2, 0) is 11.2 Å². The first-order chi connectivity index (χ1) is 9.58. The summed E-state index contributed by atoms with van der Waals surface area (Å²) in [5, 5.41) is 2.85. The van der Waals surface area contributed by atoms with Gasteiger partial charge in [0.05, 0.1) is 18.0 Å². The Balaban J connectivity index is 2.01. The molecule has 0 aliphatic rings. The predicted molar refractivity (Wildman–Crippen MR) is 86.7 cm³/mol. The lowest BCUT2D eigenvalue weighted by Crippen LogP contribution is -2.14. The SMILES string of the molecule is COc1ccc(NC(=O)Cc2ccc(S)cc2)cc1Br. The van der Waals surface area contributed by atoms with Gasteiger partial charge in [0.25, 0.3) is 0 Å². The Morgan fingerprint density at radius 1 is 1.25 bits per heavy atom. The van der Waals surface area contributed by atoms with Crippen molar-refractivity contribution >= 4 is 40.2 Å². The van der Waals surface area contributed by atoms with E-state index in [-0.39, 0.29) is 5.91 Å². The van der Waals surface area contributed by atoms with Crippen LogP contribution in [0.4, 0.5) is 5.69 Å². The van der Waals surface area contributed by atoms with E-state index < -0.39 is 0 Å². The zero-order valence-electron chi connectivity index (χ0n) is 10.9. The maximum atomic E-state index is 12.0. The Bertz CT molecular complexity index is 614. The smallest absolute Gasteiger partial charge is 0.228 e. The zero-order valence-corrected chi connectivity index (χ0v) is 13.4. The molecule has 0 saturated heterocycles. The van der Waals surface area contributed by atoms with Gasteiger partial charge in [0.15, 0.2) is 0 Å². The molecule has 104 valence electrons. The molecule has 0 spiro atoms.